The van der Waals surface area contributed by atoms with Crippen LogP contribution < -0.4 is 15.4 Å². The number of hydrogen-bond acceptors (Lipinski definition) is 6. The highest BCUT2D eigenvalue weighted by atomic mass is 32.2. The standard InChI is InChI=1S/C23H27N5O3S/c1-4-16-6-8-17(9-7-16)25-22(30)15-32-23-27-26-20(28(23)5-2)14-21(29)24-18-10-12-19(31-3)13-11-18/h6-13H,4-5,14-15H2,1-3H3,(H,24,29)(H,25,30). The van der Waals surface area contributed by atoms with E-state index in [1.54, 1.807) is 31.4 Å². The van der Waals surface area contributed by atoms with Crippen LogP contribution in [0.25, 0.3) is 0 Å². The Morgan fingerprint density at radius 3 is 2.16 bits per heavy atom. The monoisotopic (exact) mass is 453 g/mol. The Morgan fingerprint density at radius 1 is 0.938 bits per heavy atom. The number of rotatable bonds is 10. The van der Waals surface area contributed by atoms with Crippen molar-refractivity contribution in [2.24, 2.45) is 0 Å². The fraction of sp³-hybridized carbons (Fsp3) is 0.304. The summed E-state index contributed by atoms with van der Waals surface area (Å²) in [5, 5.41) is 14.7. The lowest BCUT2D eigenvalue weighted by atomic mass is 10.1. The fourth-order valence-corrected chi connectivity index (χ4v) is 3.87. The summed E-state index contributed by atoms with van der Waals surface area (Å²) in [7, 11) is 1.59. The molecule has 0 saturated heterocycles. The number of aromatic nitrogens is 3. The third kappa shape index (κ3) is 6.34. The van der Waals surface area contributed by atoms with E-state index in [9.17, 15) is 9.59 Å². The SMILES string of the molecule is CCc1ccc(NC(=O)CSc2nnc(CC(=O)Nc3ccc(OC)cc3)n2CC)cc1. The van der Waals surface area contributed by atoms with E-state index in [1.165, 1.54) is 17.3 Å². The molecule has 32 heavy (non-hydrogen) atoms. The number of anilines is 2. The van der Waals surface area contributed by atoms with E-state index in [2.05, 4.69) is 27.8 Å². The topological polar surface area (TPSA) is 98.1 Å². The first-order valence-electron chi connectivity index (χ1n) is 10.4. The van der Waals surface area contributed by atoms with Crippen molar-refractivity contribution in [3.05, 3.63) is 59.9 Å². The molecule has 168 valence electrons. The molecule has 2 aromatic carbocycles. The van der Waals surface area contributed by atoms with E-state index in [4.69, 9.17) is 4.74 Å². The van der Waals surface area contributed by atoms with Gasteiger partial charge in [0, 0.05) is 17.9 Å². The molecule has 3 aromatic rings. The predicted octanol–water partition coefficient (Wildman–Crippen LogP) is 3.78. The van der Waals surface area contributed by atoms with Gasteiger partial charge in [-0.3, -0.25) is 9.59 Å². The molecule has 1 aromatic heterocycles. The summed E-state index contributed by atoms with van der Waals surface area (Å²) in [6.45, 7) is 4.64. The van der Waals surface area contributed by atoms with Crippen molar-refractivity contribution in [1.82, 2.24) is 14.8 Å². The van der Waals surface area contributed by atoms with Gasteiger partial charge in [0.2, 0.25) is 11.8 Å². The molecule has 0 fully saturated rings. The lowest BCUT2D eigenvalue weighted by molar-refractivity contribution is -0.116. The molecule has 0 aliphatic carbocycles. The molecule has 0 unspecified atom stereocenters. The summed E-state index contributed by atoms with van der Waals surface area (Å²) in [4.78, 5) is 24.7. The molecule has 0 spiro atoms. The van der Waals surface area contributed by atoms with E-state index < -0.39 is 0 Å². The molecule has 2 amide bonds. The van der Waals surface area contributed by atoms with Crippen molar-refractivity contribution in [1.29, 1.82) is 0 Å². The summed E-state index contributed by atoms with van der Waals surface area (Å²) in [6.07, 6.45) is 1.04. The second-order valence-corrected chi connectivity index (χ2v) is 7.93. The predicted molar refractivity (Wildman–Crippen MR) is 126 cm³/mol. The minimum absolute atomic E-state index is 0.0867. The van der Waals surface area contributed by atoms with Gasteiger partial charge in [-0.05, 0) is 55.3 Å². The Hall–Kier alpha value is -3.33. The van der Waals surface area contributed by atoms with Crippen LogP contribution in [0.4, 0.5) is 11.4 Å². The number of ether oxygens (including phenoxy) is 1. The summed E-state index contributed by atoms with van der Waals surface area (Å²) in [5.41, 5.74) is 2.66. The van der Waals surface area contributed by atoms with Gasteiger partial charge in [-0.1, -0.05) is 30.8 Å². The molecule has 1 heterocycles. The van der Waals surface area contributed by atoms with Gasteiger partial charge in [-0.25, -0.2) is 0 Å². The van der Waals surface area contributed by atoms with Crippen LogP contribution in [0.15, 0.2) is 53.7 Å². The normalized spacial score (nSPS) is 10.6. The van der Waals surface area contributed by atoms with Crippen molar-refractivity contribution in [2.75, 3.05) is 23.5 Å². The number of thioether (sulfide) groups is 1. The van der Waals surface area contributed by atoms with Crippen LogP contribution in [-0.4, -0.2) is 39.4 Å². The molecule has 3 rings (SSSR count). The number of hydrogen-bond donors (Lipinski definition) is 2. The average Bonchev–Trinajstić information content (AvgIpc) is 3.19. The van der Waals surface area contributed by atoms with Gasteiger partial charge in [0.25, 0.3) is 0 Å². The van der Waals surface area contributed by atoms with Gasteiger partial charge >= 0.3 is 0 Å². The minimum atomic E-state index is -0.193. The van der Waals surface area contributed by atoms with Crippen molar-refractivity contribution in [3.8, 4) is 5.75 Å². The molecule has 0 aliphatic rings. The Labute approximate surface area is 191 Å². The van der Waals surface area contributed by atoms with Gasteiger partial charge in [-0.15, -0.1) is 10.2 Å². The number of benzene rings is 2. The van der Waals surface area contributed by atoms with Gasteiger partial charge in [0.15, 0.2) is 5.16 Å². The van der Waals surface area contributed by atoms with Gasteiger partial charge < -0.3 is 19.9 Å². The smallest absolute Gasteiger partial charge is 0.234 e. The Kier molecular flexibility index (Phi) is 8.27. The van der Waals surface area contributed by atoms with E-state index >= 15 is 0 Å². The van der Waals surface area contributed by atoms with Crippen LogP contribution in [0.2, 0.25) is 0 Å². The van der Waals surface area contributed by atoms with Crippen LogP contribution in [0.1, 0.15) is 25.2 Å². The summed E-state index contributed by atoms with van der Waals surface area (Å²) >= 11 is 1.29. The number of nitrogens with zero attached hydrogens (tertiary/aromatic N) is 3. The van der Waals surface area contributed by atoms with Crippen LogP contribution in [0.5, 0.6) is 5.75 Å². The second-order valence-electron chi connectivity index (χ2n) is 6.98. The Bertz CT molecular complexity index is 1050. The van der Waals surface area contributed by atoms with Crippen LogP contribution in [0, 0.1) is 0 Å². The van der Waals surface area contributed by atoms with Crippen LogP contribution in [0.3, 0.4) is 0 Å². The third-order valence-corrected chi connectivity index (χ3v) is 5.75. The second kappa shape index (κ2) is 11.3. The van der Waals surface area contributed by atoms with Crippen LogP contribution in [-0.2, 0) is 29.0 Å². The summed E-state index contributed by atoms with van der Waals surface area (Å²) in [6, 6.07) is 14.9. The van der Waals surface area contributed by atoms with Gasteiger partial charge in [0.05, 0.1) is 19.3 Å². The van der Waals surface area contributed by atoms with Crippen molar-refractivity contribution < 1.29 is 14.3 Å². The first-order valence-corrected chi connectivity index (χ1v) is 11.4. The highest BCUT2D eigenvalue weighted by molar-refractivity contribution is 7.99. The molecule has 9 heteroatoms. The van der Waals surface area contributed by atoms with Crippen molar-refractivity contribution >= 4 is 35.0 Å². The number of carbonyl (C=O) groups is 2. The maximum Gasteiger partial charge on any atom is 0.234 e. The minimum Gasteiger partial charge on any atom is -0.497 e. The zero-order chi connectivity index (χ0) is 22.9. The van der Waals surface area contributed by atoms with Crippen molar-refractivity contribution in [3.63, 3.8) is 0 Å². The average molecular weight is 454 g/mol. The Morgan fingerprint density at radius 2 is 1.56 bits per heavy atom. The zero-order valence-electron chi connectivity index (χ0n) is 18.4. The maximum atomic E-state index is 12.4. The molecular formula is C23H27N5O3S. The first-order chi connectivity index (χ1) is 15.5. The highest BCUT2D eigenvalue weighted by Gasteiger charge is 2.16. The first kappa shape index (κ1) is 23.3. The number of aryl methyl sites for hydroxylation is 1. The van der Waals surface area contributed by atoms with Crippen LogP contribution >= 0.6 is 11.8 Å². The number of carbonyl (C=O) groups excluding carboxylic acids is 2. The van der Waals surface area contributed by atoms with E-state index in [-0.39, 0.29) is 24.0 Å². The van der Waals surface area contributed by atoms with E-state index in [1.807, 2.05) is 35.8 Å². The number of nitrogens with one attached hydrogen (secondary N) is 2. The van der Waals surface area contributed by atoms with E-state index in [0.29, 0.717) is 23.2 Å². The third-order valence-electron chi connectivity index (χ3n) is 4.78. The van der Waals surface area contributed by atoms with E-state index in [0.717, 1.165) is 17.9 Å². The molecule has 0 radical (unpaired) electrons. The zero-order valence-corrected chi connectivity index (χ0v) is 19.2. The highest BCUT2D eigenvalue weighted by Crippen LogP contribution is 2.19. The molecule has 0 atom stereocenters. The number of amides is 2. The number of methoxy groups -OCH3 is 1. The molecular weight excluding hydrogens is 426 g/mol. The Balaban J connectivity index is 1.55. The van der Waals surface area contributed by atoms with Crippen molar-refractivity contribution in [2.45, 2.75) is 38.4 Å². The maximum absolute atomic E-state index is 12.4. The largest absolute Gasteiger partial charge is 0.497 e. The molecule has 2 N–H and O–H groups in total. The van der Waals surface area contributed by atoms with Gasteiger partial charge in [0.1, 0.15) is 11.6 Å². The summed E-state index contributed by atoms with van der Waals surface area (Å²) < 4.78 is 6.97. The quantitative estimate of drug-likeness (QED) is 0.454. The lowest BCUT2D eigenvalue weighted by Gasteiger charge is -2.09. The lowest BCUT2D eigenvalue weighted by Crippen LogP contribution is -2.18. The molecule has 0 aliphatic heterocycles. The molecule has 0 bridgehead atoms. The molecule has 0 saturated carbocycles. The fourth-order valence-electron chi connectivity index (χ4n) is 3.05. The summed E-state index contributed by atoms with van der Waals surface area (Å²) in [5.74, 6) is 1.16. The molecule has 8 nitrogen and oxygen atoms in total. The van der Waals surface area contributed by atoms with Gasteiger partial charge in [-0.2, -0.15) is 0 Å².